The van der Waals surface area contributed by atoms with Crippen molar-refractivity contribution in [3.05, 3.63) is 35.9 Å². The Balaban J connectivity index is 1.72. The third-order valence-corrected chi connectivity index (χ3v) is 2.16. The van der Waals surface area contributed by atoms with Gasteiger partial charge in [0.25, 0.3) is 6.02 Å². The van der Waals surface area contributed by atoms with Gasteiger partial charge in [0.05, 0.1) is 13.2 Å². The molecule has 0 unspecified atom stereocenters. The molecule has 1 heterocycles. The van der Waals surface area contributed by atoms with E-state index in [1.54, 1.807) is 0 Å². The molecular weight excluding hydrogens is 192 g/mol. The first-order chi connectivity index (χ1) is 7.34. The molecule has 1 aliphatic heterocycles. The smallest absolute Gasteiger partial charge is 0.282 e. The second-order valence-corrected chi connectivity index (χ2v) is 3.43. The maximum absolute atomic E-state index is 5.51. The summed E-state index contributed by atoms with van der Waals surface area (Å²) in [6.07, 6.45) is 0. The van der Waals surface area contributed by atoms with Crippen molar-refractivity contribution in [2.75, 3.05) is 13.2 Å². The van der Waals surface area contributed by atoms with E-state index in [1.807, 2.05) is 30.3 Å². The summed E-state index contributed by atoms with van der Waals surface area (Å²) in [7, 11) is 0. The number of benzene rings is 1. The molecule has 0 amide bonds. The number of aliphatic imine (C=N–C) groups is 1. The first-order valence-electron chi connectivity index (χ1n) is 4.92. The fourth-order valence-corrected chi connectivity index (χ4v) is 1.41. The molecule has 2 rings (SSSR count). The van der Waals surface area contributed by atoms with E-state index < -0.39 is 0 Å². The van der Waals surface area contributed by atoms with Gasteiger partial charge in [0.15, 0.2) is 0 Å². The van der Waals surface area contributed by atoms with Gasteiger partial charge >= 0.3 is 0 Å². The topological polar surface area (TPSA) is 56.8 Å². The Kier molecular flexibility index (Phi) is 3.19. The fourth-order valence-electron chi connectivity index (χ4n) is 1.41. The van der Waals surface area contributed by atoms with Crippen LogP contribution in [0.25, 0.3) is 0 Å². The van der Waals surface area contributed by atoms with Crippen LogP contribution in [0, 0.1) is 0 Å². The molecule has 0 aliphatic carbocycles. The second-order valence-electron chi connectivity index (χ2n) is 3.43. The van der Waals surface area contributed by atoms with Gasteiger partial charge in [0.1, 0.15) is 12.6 Å². The maximum atomic E-state index is 5.51. The van der Waals surface area contributed by atoms with Crippen LogP contribution in [0.2, 0.25) is 0 Å². The highest BCUT2D eigenvalue weighted by atomic mass is 16.5. The molecule has 0 spiro atoms. The van der Waals surface area contributed by atoms with Crippen LogP contribution in [-0.4, -0.2) is 25.3 Å². The van der Waals surface area contributed by atoms with Crippen molar-refractivity contribution in [3.8, 4) is 0 Å². The fraction of sp³-hybridized carbons (Fsp3) is 0.364. The van der Waals surface area contributed by atoms with Gasteiger partial charge in [-0.15, -0.1) is 0 Å². The average Bonchev–Trinajstić information content (AvgIpc) is 2.66. The highest BCUT2D eigenvalue weighted by Gasteiger charge is 2.16. The molecular formula is C11H14N2O2. The Morgan fingerprint density at radius 1 is 1.40 bits per heavy atom. The summed E-state index contributed by atoms with van der Waals surface area (Å²) in [5.41, 5.74) is 6.54. The number of nitrogens with two attached hydrogens (primary N) is 1. The van der Waals surface area contributed by atoms with Gasteiger partial charge in [-0.25, -0.2) is 4.99 Å². The summed E-state index contributed by atoms with van der Waals surface area (Å²) < 4.78 is 10.5. The number of rotatable bonds is 4. The summed E-state index contributed by atoms with van der Waals surface area (Å²) in [6.45, 7) is 1.68. The van der Waals surface area contributed by atoms with E-state index in [0.29, 0.717) is 19.8 Å². The van der Waals surface area contributed by atoms with E-state index in [0.717, 1.165) is 5.56 Å². The van der Waals surface area contributed by atoms with Crippen LogP contribution in [0.4, 0.5) is 0 Å². The van der Waals surface area contributed by atoms with E-state index in [-0.39, 0.29) is 12.1 Å². The average molecular weight is 206 g/mol. The van der Waals surface area contributed by atoms with Crippen molar-refractivity contribution in [2.45, 2.75) is 12.6 Å². The highest BCUT2D eigenvalue weighted by molar-refractivity contribution is 5.73. The molecule has 0 radical (unpaired) electrons. The van der Waals surface area contributed by atoms with Crippen LogP contribution < -0.4 is 5.73 Å². The van der Waals surface area contributed by atoms with Crippen molar-refractivity contribution in [3.63, 3.8) is 0 Å². The normalized spacial score (nSPS) is 19.7. The molecule has 15 heavy (non-hydrogen) atoms. The summed E-state index contributed by atoms with van der Waals surface area (Å²) in [4.78, 5) is 4.07. The Hall–Kier alpha value is -1.55. The van der Waals surface area contributed by atoms with Crippen LogP contribution >= 0.6 is 0 Å². The van der Waals surface area contributed by atoms with Crippen molar-refractivity contribution in [2.24, 2.45) is 10.7 Å². The van der Waals surface area contributed by atoms with Gasteiger partial charge in [0.2, 0.25) is 0 Å². The number of hydrogen-bond acceptors (Lipinski definition) is 4. The lowest BCUT2D eigenvalue weighted by Gasteiger charge is -2.06. The Morgan fingerprint density at radius 2 is 2.20 bits per heavy atom. The van der Waals surface area contributed by atoms with Crippen molar-refractivity contribution in [1.29, 1.82) is 0 Å². The molecule has 0 saturated heterocycles. The molecule has 1 aromatic carbocycles. The maximum Gasteiger partial charge on any atom is 0.282 e. The van der Waals surface area contributed by atoms with Gasteiger partial charge in [0, 0.05) is 0 Å². The minimum Gasteiger partial charge on any atom is -0.463 e. The quantitative estimate of drug-likeness (QED) is 0.796. The molecule has 1 atom stereocenters. The minimum absolute atomic E-state index is 0.0497. The summed E-state index contributed by atoms with van der Waals surface area (Å²) in [6, 6.07) is 10.4. The highest BCUT2D eigenvalue weighted by Crippen LogP contribution is 2.05. The monoisotopic (exact) mass is 206 g/mol. The number of ether oxygens (including phenoxy) is 2. The SMILES string of the molecule is NC1=N[C@H](COCc2ccccc2)CO1. The van der Waals surface area contributed by atoms with Gasteiger partial charge in [-0.3, -0.25) is 0 Å². The Morgan fingerprint density at radius 3 is 2.87 bits per heavy atom. The third-order valence-electron chi connectivity index (χ3n) is 2.16. The largest absolute Gasteiger partial charge is 0.463 e. The number of hydrogen-bond donors (Lipinski definition) is 1. The zero-order valence-corrected chi connectivity index (χ0v) is 8.43. The first-order valence-corrected chi connectivity index (χ1v) is 4.92. The van der Waals surface area contributed by atoms with Gasteiger partial charge in [-0.1, -0.05) is 30.3 Å². The predicted molar refractivity (Wildman–Crippen MR) is 57.5 cm³/mol. The molecule has 4 heteroatoms. The standard InChI is InChI=1S/C11H14N2O2/c12-11-13-10(8-15-11)7-14-6-9-4-2-1-3-5-9/h1-5,10H,6-8H2,(H2,12,13)/t10-/m1/s1. The second kappa shape index (κ2) is 4.79. The molecule has 1 aromatic rings. The minimum atomic E-state index is 0.0497. The van der Waals surface area contributed by atoms with Crippen LogP contribution in [0.15, 0.2) is 35.3 Å². The van der Waals surface area contributed by atoms with Crippen LogP contribution in [-0.2, 0) is 16.1 Å². The van der Waals surface area contributed by atoms with E-state index in [4.69, 9.17) is 15.2 Å². The molecule has 0 aromatic heterocycles. The van der Waals surface area contributed by atoms with Crippen molar-refractivity contribution < 1.29 is 9.47 Å². The summed E-state index contributed by atoms with van der Waals surface area (Å²) in [5, 5.41) is 0. The zero-order valence-electron chi connectivity index (χ0n) is 8.43. The Bertz CT molecular complexity index is 338. The van der Waals surface area contributed by atoms with Gasteiger partial charge in [-0.05, 0) is 5.56 Å². The Labute approximate surface area is 88.7 Å². The molecule has 80 valence electrons. The lowest BCUT2D eigenvalue weighted by atomic mass is 10.2. The lowest BCUT2D eigenvalue weighted by molar-refractivity contribution is 0.100. The first kappa shape index (κ1) is 9.98. The third kappa shape index (κ3) is 2.95. The molecule has 0 saturated carbocycles. The van der Waals surface area contributed by atoms with E-state index >= 15 is 0 Å². The molecule has 0 bridgehead atoms. The zero-order chi connectivity index (χ0) is 10.5. The molecule has 2 N–H and O–H groups in total. The van der Waals surface area contributed by atoms with Gasteiger partial charge in [-0.2, -0.15) is 0 Å². The number of nitrogens with zero attached hydrogens (tertiary/aromatic N) is 1. The predicted octanol–water partition coefficient (Wildman–Crippen LogP) is 0.917. The van der Waals surface area contributed by atoms with E-state index in [1.165, 1.54) is 0 Å². The number of amidine groups is 1. The molecule has 4 nitrogen and oxygen atoms in total. The summed E-state index contributed by atoms with van der Waals surface area (Å²) >= 11 is 0. The van der Waals surface area contributed by atoms with Crippen molar-refractivity contribution in [1.82, 2.24) is 0 Å². The van der Waals surface area contributed by atoms with Crippen molar-refractivity contribution >= 4 is 6.02 Å². The van der Waals surface area contributed by atoms with Crippen LogP contribution in [0.5, 0.6) is 0 Å². The van der Waals surface area contributed by atoms with Crippen LogP contribution in [0.1, 0.15) is 5.56 Å². The lowest BCUT2D eigenvalue weighted by Crippen LogP contribution is -2.14. The summed E-state index contributed by atoms with van der Waals surface area (Å²) in [5.74, 6) is 0. The van der Waals surface area contributed by atoms with Gasteiger partial charge < -0.3 is 15.2 Å². The molecule has 0 fully saturated rings. The van der Waals surface area contributed by atoms with E-state index in [9.17, 15) is 0 Å². The molecule has 1 aliphatic rings. The van der Waals surface area contributed by atoms with E-state index in [2.05, 4.69) is 4.99 Å². The van der Waals surface area contributed by atoms with Crippen LogP contribution in [0.3, 0.4) is 0 Å².